The molecule has 0 unspecified atom stereocenters. The van der Waals surface area contributed by atoms with Crippen molar-refractivity contribution < 1.29 is 57.5 Å². The molecule has 2 aromatic heterocycles. The van der Waals surface area contributed by atoms with Crippen molar-refractivity contribution in [1.82, 2.24) is 20.0 Å². The number of hydrogen-bond acceptors (Lipinski definition) is 10. The second kappa shape index (κ2) is 21.6. The molecule has 0 radical (unpaired) electrons. The second-order valence-electron chi connectivity index (χ2n) is 7.80. The smallest absolute Gasteiger partial charge is 0.505 e. The summed E-state index contributed by atoms with van der Waals surface area (Å²) in [7, 11) is 0. The quantitative estimate of drug-likeness (QED) is 0.167. The molecule has 0 amide bonds. The standard InChI is InChI=1S/C13H14N2O4.C10H11ClO2.C3H4N2O2.CH4.Na/c1-10-14-15(13(17)19-10)7-12(16)9-18-8-11-5-3-2-4-6-11;11-6-10(12)8-13-7-9-4-2-1-3-5-9;1-2-4-5-3(6)7-2;;/h2-6H,7-9H2,1H3;1-5H,6-8H2;1H3,(H,5,6);1H4;/q;;;;+1/p-1. The summed E-state index contributed by atoms with van der Waals surface area (Å²) in [6, 6.07) is 19.2. The molecule has 0 saturated carbocycles. The first-order valence-corrected chi connectivity index (χ1v) is 12.1. The van der Waals surface area contributed by atoms with Gasteiger partial charge in [-0.3, -0.25) is 14.4 Å². The van der Waals surface area contributed by atoms with Crippen LogP contribution in [0.15, 0.2) is 79.1 Å². The summed E-state index contributed by atoms with van der Waals surface area (Å²) in [6.45, 7) is 3.84. The van der Waals surface area contributed by atoms with Crippen molar-refractivity contribution >= 4 is 23.2 Å². The van der Waals surface area contributed by atoms with E-state index in [-0.39, 0.29) is 80.1 Å². The van der Waals surface area contributed by atoms with Crippen LogP contribution >= 0.6 is 11.6 Å². The molecule has 0 spiro atoms. The molecule has 0 bridgehead atoms. The average Bonchev–Trinajstić information content (AvgIpc) is 3.47. The number of ether oxygens (including phenoxy) is 2. The Hall–Kier alpha value is -3.13. The van der Waals surface area contributed by atoms with Crippen molar-refractivity contribution in [3.05, 3.63) is 105 Å². The largest absolute Gasteiger partial charge is 1.00 e. The number of rotatable bonds is 11. The third-order valence-corrected chi connectivity index (χ3v) is 4.74. The van der Waals surface area contributed by atoms with E-state index in [9.17, 15) is 19.2 Å². The molecule has 14 heteroatoms. The van der Waals surface area contributed by atoms with Gasteiger partial charge >= 0.3 is 35.3 Å². The molecule has 2 heterocycles. The van der Waals surface area contributed by atoms with Gasteiger partial charge in [-0.05, 0) is 11.1 Å². The first-order valence-electron chi connectivity index (χ1n) is 11.6. The Balaban J connectivity index is 0.000000632. The van der Waals surface area contributed by atoms with Gasteiger partial charge in [0, 0.05) is 13.8 Å². The Morgan fingerprint density at radius 2 is 1.37 bits per heavy atom. The minimum Gasteiger partial charge on any atom is -0.505 e. The summed E-state index contributed by atoms with van der Waals surface area (Å²) >= 11 is 5.30. The van der Waals surface area contributed by atoms with E-state index in [0.717, 1.165) is 15.8 Å². The molecule has 0 aliphatic heterocycles. The Labute approximate surface area is 264 Å². The van der Waals surface area contributed by atoms with Crippen molar-refractivity contribution in [1.29, 1.82) is 0 Å². The van der Waals surface area contributed by atoms with Gasteiger partial charge in [-0.1, -0.05) is 68.1 Å². The zero-order valence-electron chi connectivity index (χ0n) is 22.4. The predicted molar refractivity (Wildman–Crippen MR) is 146 cm³/mol. The predicted octanol–water partition coefficient (Wildman–Crippen LogP) is -0.118. The van der Waals surface area contributed by atoms with Gasteiger partial charge in [-0.25, -0.2) is 4.79 Å². The number of Topliss-reactive ketones (excluding diaryl/α,β-unsaturated/α-hetero) is 2. The third kappa shape index (κ3) is 16.7. The number of carbonyl (C=O) groups is 2. The SMILES string of the molecule is C.Cc1n[n-]c(=O)o1.Cc1nn(CC(=O)COCc2ccccc2)c(=O)o1.O=C(CCl)COCc1ccccc1.[Na+]. The summed E-state index contributed by atoms with van der Waals surface area (Å²) in [5.41, 5.74) is 2.05. The number of benzene rings is 2. The van der Waals surface area contributed by atoms with E-state index in [1.54, 1.807) is 13.8 Å². The van der Waals surface area contributed by atoms with E-state index in [1.165, 1.54) is 0 Å². The molecule has 216 valence electrons. The van der Waals surface area contributed by atoms with Gasteiger partial charge < -0.3 is 28.5 Å². The molecule has 41 heavy (non-hydrogen) atoms. The molecule has 0 N–H and O–H groups in total. The van der Waals surface area contributed by atoms with Gasteiger partial charge in [-0.2, -0.15) is 4.68 Å². The van der Waals surface area contributed by atoms with Crippen LogP contribution in [0.3, 0.4) is 0 Å². The van der Waals surface area contributed by atoms with Crippen LogP contribution in [0.2, 0.25) is 0 Å². The number of nitrogens with zero attached hydrogens (tertiary/aromatic N) is 4. The Bertz CT molecular complexity index is 1390. The first-order chi connectivity index (χ1) is 18.8. The Morgan fingerprint density at radius 3 is 1.73 bits per heavy atom. The van der Waals surface area contributed by atoms with Crippen LogP contribution in [0.25, 0.3) is 0 Å². The fourth-order valence-electron chi connectivity index (χ4n) is 2.75. The number of ketones is 2. The molecular weight excluding hydrogens is 567 g/mol. The second-order valence-corrected chi connectivity index (χ2v) is 8.07. The normalized spacial score (nSPS) is 9.63. The van der Waals surface area contributed by atoms with Crippen molar-refractivity contribution in [3.63, 3.8) is 0 Å². The van der Waals surface area contributed by atoms with E-state index >= 15 is 0 Å². The summed E-state index contributed by atoms with van der Waals surface area (Å²) < 4.78 is 20.4. The van der Waals surface area contributed by atoms with E-state index in [2.05, 4.69) is 19.7 Å². The third-order valence-electron chi connectivity index (χ3n) is 4.44. The van der Waals surface area contributed by atoms with Crippen molar-refractivity contribution in [2.45, 2.75) is 41.0 Å². The van der Waals surface area contributed by atoms with Gasteiger partial charge in [0.05, 0.1) is 19.1 Å². The zero-order chi connectivity index (χ0) is 28.5. The molecule has 4 rings (SSSR count). The summed E-state index contributed by atoms with van der Waals surface area (Å²) in [5.74, 6) is -1.00. The summed E-state index contributed by atoms with van der Waals surface area (Å²) in [6.07, 6.45) is 0. The van der Waals surface area contributed by atoms with Crippen LogP contribution < -0.4 is 46.2 Å². The maximum Gasteiger partial charge on any atom is 1.00 e. The molecule has 0 aliphatic rings. The monoisotopic (exact) mass is 598 g/mol. The number of carbonyl (C=O) groups excluding carboxylic acids is 2. The van der Waals surface area contributed by atoms with Crippen LogP contribution in [0, 0.1) is 13.8 Å². The number of alkyl halides is 1. The number of halogens is 1. The number of hydrogen-bond donors (Lipinski definition) is 0. The number of aromatic nitrogens is 4. The molecule has 0 aliphatic carbocycles. The van der Waals surface area contributed by atoms with Gasteiger partial charge in [0.25, 0.3) is 5.76 Å². The molecular formula is C27H32ClN4NaO8. The fourth-order valence-corrected chi connectivity index (χ4v) is 2.83. The molecule has 0 atom stereocenters. The van der Waals surface area contributed by atoms with Gasteiger partial charge in [0.1, 0.15) is 19.8 Å². The Kier molecular flexibility index (Phi) is 19.9. The van der Waals surface area contributed by atoms with Crippen molar-refractivity contribution in [3.8, 4) is 0 Å². The minimum absolute atomic E-state index is 0. The summed E-state index contributed by atoms with van der Waals surface area (Å²) in [4.78, 5) is 43.5. The van der Waals surface area contributed by atoms with Crippen molar-refractivity contribution in [2.24, 2.45) is 0 Å². The van der Waals surface area contributed by atoms with Crippen LogP contribution in [0.4, 0.5) is 0 Å². The van der Waals surface area contributed by atoms with Crippen LogP contribution in [0.1, 0.15) is 30.3 Å². The van der Waals surface area contributed by atoms with Gasteiger partial charge in [-0.15, -0.1) is 16.7 Å². The number of aryl methyl sites for hydroxylation is 2. The van der Waals surface area contributed by atoms with E-state index in [4.69, 9.17) is 25.5 Å². The van der Waals surface area contributed by atoms with Crippen LogP contribution in [-0.2, 0) is 38.8 Å². The molecule has 12 nitrogen and oxygen atoms in total. The first kappa shape index (κ1) is 37.9. The Morgan fingerprint density at radius 1 is 0.854 bits per heavy atom. The maximum atomic E-state index is 11.6. The summed E-state index contributed by atoms with van der Waals surface area (Å²) in [5, 5.41) is 10.1. The maximum absolute atomic E-state index is 11.6. The van der Waals surface area contributed by atoms with Crippen LogP contribution in [-0.4, -0.2) is 45.5 Å². The van der Waals surface area contributed by atoms with E-state index in [0.29, 0.717) is 19.1 Å². The van der Waals surface area contributed by atoms with Gasteiger partial charge in [0.15, 0.2) is 17.5 Å². The molecule has 0 fully saturated rings. The molecule has 0 saturated heterocycles. The van der Waals surface area contributed by atoms with Gasteiger partial charge in [0.2, 0.25) is 5.89 Å². The minimum atomic E-state index is -0.631. The van der Waals surface area contributed by atoms with Crippen LogP contribution in [0.5, 0.6) is 0 Å². The average molecular weight is 599 g/mol. The zero-order valence-corrected chi connectivity index (χ0v) is 25.2. The van der Waals surface area contributed by atoms with Crippen molar-refractivity contribution in [2.75, 3.05) is 19.1 Å². The van der Waals surface area contributed by atoms with E-state index in [1.807, 2.05) is 60.7 Å². The molecule has 4 aromatic rings. The topological polar surface area (TPSA) is 158 Å². The van der Waals surface area contributed by atoms with E-state index < -0.39 is 11.5 Å². The fraction of sp³-hybridized carbons (Fsp3) is 0.333. The molecule has 2 aromatic carbocycles.